The monoisotopic (exact) mass is 648 g/mol. The number of hydrogen-bond donors (Lipinski definition) is 0. The molecule has 1 heterocycles. The molecule has 1 aliphatic rings. The van der Waals surface area contributed by atoms with Gasteiger partial charge >= 0.3 is 23.3 Å². The first-order valence-electron chi connectivity index (χ1n) is 11.7. The Balaban J connectivity index is 0.000000296. The second-order valence-electron chi connectivity index (χ2n) is 8.92. The van der Waals surface area contributed by atoms with E-state index in [0.29, 0.717) is 15.8 Å². The average molecular weight is 649 g/mol. The summed E-state index contributed by atoms with van der Waals surface area (Å²) in [7, 11) is -10.2. The van der Waals surface area contributed by atoms with Crippen molar-refractivity contribution in [1.29, 1.82) is 0 Å². The summed E-state index contributed by atoms with van der Waals surface area (Å²) in [6.07, 6.45) is -1.72. The highest BCUT2D eigenvalue weighted by atomic mass is 32.2. The van der Waals surface area contributed by atoms with Crippen LogP contribution in [0, 0.1) is 0 Å². The lowest BCUT2D eigenvalue weighted by molar-refractivity contribution is -0.382. The van der Waals surface area contributed by atoms with Crippen LogP contribution in [0.1, 0.15) is 39.0 Å². The summed E-state index contributed by atoms with van der Waals surface area (Å²) in [4.78, 5) is 1.91. The molecular formula is C23H25F9O5S3. The zero-order chi connectivity index (χ0) is 30.8. The number of fused-ring (bicyclic) bond motifs is 1. The van der Waals surface area contributed by atoms with E-state index in [-0.39, 0.29) is 5.75 Å². The van der Waals surface area contributed by atoms with Crippen LogP contribution in [0.3, 0.4) is 0 Å². The molecule has 1 fully saturated rings. The summed E-state index contributed by atoms with van der Waals surface area (Å²) in [5.41, 5.74) is 0. The normalized spacial score (nSPS) is 16.2. The number of benzene rings is 2. The lowest BCUT2D eigenvalue weighted by atomic mass is 10.1. The summed E-state index contributed by atoms with van der Waals surface area (Å²) >= 11 is 0. The molecule has 3 rings (SSSR count). The van der Waals surface area contributed by atoms with Crippen LogP contribution < -0.4 is 0 Å². The number of halogens is 9. The van der Waals surface area contributed by atoms with Crippen molar-refractivity contribution < 1.29 is 60.9 Å². The van der Waals surface area contributed by atoms with Gasteiger partial charge in [-0.25, -0.2) is 16.8 Å². The summed E-state index contributed by atoms with van der Waals surface area (Å²) < 4.78 is 160. The Bertz CT molecular complexity index is 1390. The molecule has 0 amide bonds. The summed E-state index contributed by atoms with van der Waals surface area (Å²) in [5, 5.41) is -4.92. The summed E-state index contributed by atoms with van der Waals surface area (Å²) in [6, 6.07) is 12.2. The Morgan fingerprint density at radius 2 is 1.30 bits per heavy atom. The van der Waals surface area contributed by atoms with E-state index in [1.165, 1.54) is 29.2 Å². The van der Waals surface area contributed by atoms with Crippen molar-refractivity contribution in [2.75, 3.05) is 17.3 Å². The minimum Gasteiger partial charge on any atom is -0.743 e. The van der Waals surface area contributed by atoms with Gasteiger partial charge in [-0.2, -0.15) is 39.5 Å². The third-order valence-corrected chi connectivity index (χ3v) is 11.1. The molecular weight excluding hydrogens is 623 g/mol. The van der Waals surface area contributed by atoms with Gasteiger partial charge in [-0.15, -0.1) is 0 Å². The van der Waals surface area contributed by atoms with Crippen molar-refractivity contribution in [2.24, 2.45) is 0 Å². The fourth-order valence-electron chi connectivity index (χ4n) is 3.64. The third-order valence-electron chi connectivity index (χ3n) is 5.95. The van der Waals surface area contributed by atoms with Crippen LogP contribution in [0.15, 0.2) is 46.2 Å². The lowest BCUT2D eigenvalue weighted by Crippen LogP contribution is -2.63. The summed E-state index contributed by atoms with van der Waals surface area (Å²) in [5.74, 6) is -11.9. The van der Waals surface area contributed by atoms with E-state index in [1.54, 1.807) is 6.07 Å². The zero-order valence-electron chi connectivity index (χ0n) is 20.8. The fourth-order valence-corrected chi connectivity index (χ4v) is 7.82. The molecule has 0 unspecified atom stereocenters. The molecule has 0 radical (unpaired) electrons. The predicted molar refractivity (Wildman–Crippen MR) is 131 cm³/mol. The molecule has 40 heavy (non-hydrogen) atoms. The Kier molecular flexibility index (Phi) is 10.6. The van der Waals surface area contributed by atoms with E-state index in [1.807, 2.05) is 12.1 Å². The van der Waals surface area contributed by atoms with Gasteiger partial charge in [0.1, 0.15) is 11.5 Å². The van der Waals surface area contributed by atoms with Crippen LogP contribution >= 0.6 is 0 Å². The van der Waals surface area contributed by atoms with Gasteiger partial charge in [0.15, 0.2) is 24.9 Å². The topological polar surface area (TPSA) is 91.3 Å². The molecule has 0 bridgehead atoms. The van der Waals surface area contributed by atoms with Gasteiger partial charge < -0.3 is 4.55 Å². The van der Waals surface area contributed by atoms with E-state index in [9.17, 15) is 60.9 Å². The van der Waals surface area contributed by atoms with Crippen LogP contribution in [0.5, 0.6) is 0 Å². The van der Waals surface area contributed by atoms with Crippen molar-refractivity contribution in [3.8, 4) is 0 Å². The van der Waals surface area contributed by atoms with Gasteiger partial charge in [0, 0.05) is 17.0 Å². The van der Waals surface area contributed by atoms with Crippen molar-refractivity contribution in [1.82, 2.24) is 0 Å². The van der Waals surface area contributed by atoms with E-state index < -0.39 is 43.2 Å². The van der Waals surface area contributed by atoms with E-state index in [4.69, 9.17) is 0 Å². The molecule has 0 atom stereocenters. The molecule has 1 saturated heterocycles. The zero-order valence-corrected chi connectivity index (χ0v) is 23.2. The number of rotatable bonds is 9. The standard InChI is InChI=1S/C19H25O2S2.C4HF9O3S/c1-2-3-6-13-23(20,21)19-10-8-16-14-18(9-7-17(16)15-19)22-11-4-5-12-22;5-1(6,3(9,10)11)2(7,8)4(12,13)17(14,15)16/h7-10,14-15H,2-6,11-13H2,1H3;(H,14,15,16)/q+1;/p-1. The molecule has 2 aromatic carbocycles. The van der Waals surface area contributed by atoms with Gasteiger partial charge in [0.25, 0.3) is 0 Å². The molecule has 0 aliphatic carbocycles. The molecule has 17 heteroatoms. The highest BCUT2D eigenvalue weighted by Crippen LogP contribution is 2.54. The number of sulfone groups is 1. The smallest absolute Gasteiger partial charge is 0.460 e. The maximum atomic E-state index is 12.4. The molecule has 2 aromatic rings. The third kappa shape index (κ3) is 7.18. The van der Waals surface area contributed by atoms with Crippen LogP contribution in [0.4, 0.5) is 39.5 Å². The first kappa shape index (κ1) is 34.5. The predicted octanol–water partition coefficient (Wildman–Crippen LogP) is 6.53. The molecule has 0 spiro atoms. The highest BCUT2D eigenvalue weighted by molar-refractivity contribution is 7.97. The maximum Gasteiger partial charge on any atom is 0.460 e. The van der Waals surface area contributed by atoms with Crippen LogP contribution in [-0.2, 0) is 30.9 Å². The quantitative estimate of drug-likeness (QED) is 0.134. The Morgan fingerprint density at radius 1 is 0.775 bits per heavy atom. The van der Waals surface area contributed by atoms with Gasteiger partial charge in [-0.1, -0.05) is 25.8 Å². The molecule has 5 nitrogen and oxygen atoms in total. The van der Waals surface area contributed by atoms with E-state index in [0.717, 1.165) is 30.0 Å². The maximum absolute atomic E-state index is 12.4. The first-order chi connectivity index (χ1) is 18.1. The Morgan fingerprint density at radius 3 is 1.80 bits per heavy atom. The van der Waals surface area contributed by atoms with Gasteiger partial charge in [-0.05, 0) is 54.3 Å². The number of unbranched alkanes of at least 4 members (excludes halogenated alkanes) is 2. The lowest BCUT2D eigenvalue weighted by Gasteiger charge is -2.34. The Hall–Kier alpha value is -1.72. The van der Waals surface area contributed by atoms with Gasteiger partial charge in [0.05, 0.1) is 10.6 Å². The van der Waals surface area contributed by atoms with Crippen molar-refractivity contribution >= 4 is 41.6 Å². The van der Waals surface area contributed by atoms with Crippen LogP contribution in [-0.4, -0.2) is 61.9 Å². The van der Waals surface area contributed by atoms with Gasteiger partial charge in [0.2, 0.25) is 0 Å². The van der Waals surface area contributed by atoms with Crippen molar-refractivity contribution in [2.45, 2.75) is 72.1 Å². The molecule has 0 aromatic heterocycles. The largest absolute Gasteiger partial charge is 0.743 e. The van der Waals surface area contributed by atoms with E-state index >= 15 is 0 Å². The fraction of sp³-hybridized carbons (Fsp3) is 0.565. The molecule has 1 aliphatic heterocycles. The highest BCUT2D eigenvalue weighted by Gasteiger charge is 2.83. The van der Waals surface area contributed by atoms with Crippen molar-refractivity contribution in [3.05, 3.63) is 36.4 Å². The second kappa shape index (κ2) is 12.3. The van der Waals surface area contributed by atoms with Crippen molar-refractivity contribution in [3.63, 3.8) is 0 Å². The van der Waals surface area contributed by atoms with Crippen LogP contribution in [0.25, 0.3) is 10.8 Å². The molecule has 228 valence electrons. The summed E-state index contributed by atoms with van der Waals surface area (Å²) in [6.45, 7) is 2.09. The minimum absolute atomic E-state index is 0.258. The molecule has 0 N–H and O–H groups in total. The SMILES string of the molecule is CCCCCS(=O)(=O)c1ccc2cc([S+]3CCCC3)ccc2c1.O=S(=O)([O-])C(F)(F)C(F)(F)C(F)(F)C(F)(F)F. The second-order valence-corrected chi connectivity index (χ2v) is 14.7. The average Bonchev–Trinajstić information content (AvgIpc) is 3.37. The Labute approximate surface area is 228 Å². The molecule has 0 saturated carbocycles. The van der Waals surface area contributed by atoms with Crippen LogP contribution in [0.2, 0.25) is 0 Å². The minimum atomic E-state index is -7.43. The first-order valence-corrected chi connectivity index (χ1v) is 16.3. The number of alkyl halides is 9. The number of hydrogen-bond acceptors (Lipinski definition) is 5. The van der Waals surface area contributed by atoms with E-state index in [2.05, 4.69) is 25.1 Å². The van der Waals surface area contributed by atoms with Gasteiger partial charge in [-0.3, -0.25) is 0 Å².